The first-order valence-electron chi connectivity index (χ1n) is 18.0. The van der Waals surface area contributed by atoms with Gasteiger partial charge in [0.1, 0.15) is 67.1 Å². The summed E-state index contributed by atoms with van der Waals surface area (Å²) in [5.41, 5.74) is 2.65. The van der Waals surface area contributed by atoms with Gasteiger partial charge in [0, 0.05) is 0 Å². The summed E-state index contributed by atoms with van der Waals surface area (Å²) in [4.78, 5) is 0. The molecule has 3 aromatic carbocycles. The average Bonchev–Trinajstić information content (AvgIpc) is 3.20. The number of benzene rings is 3. The van der Waals surface area contributed by atoms with Crippen molar-refractivity contribution in [1.82, 2.24) is 0 Å². The molecule has 0 radical (unpaired) electrons. The zero-order valence-electron chi connectivity index (χ0n) is 29.8. The minimum absolute atomic E-state index is 0.0999. The van der Waals surface area contributed by atoms with Gasteiger partial charge in [-0.05, 0) is 23.6 Å². The molecule has 3 aliphatic rings. The van der Waals surface area contributed by atoms with Crippen LogP contribution in [-0.2, 0) is 57.7 Å². The number of aliphatic hydroxyl groups excluding tert-OH is 7. The summed E-state index contributed by atoms with van der Waals surface area (Å²) >= 11 is 0. The zero-order valence-corrected chi connectivity index (χ0v) is 29.8. The Balaban J connectivity index is 1.32. The third-order valence-corrected chi connectivity index (χ3v) is 9.83. The number of hydrogen-bond acceptors (Lipinski definition) is 15. The van der Waals surface area contributed by atoms with Crippen molar-refractivity contribution >= 4 is 0 Å². The second kappa shape index (κ2) is 19.3. The van der Waals surface area contributed by atoms with E-state index in [-0.39, 0.29) is 19.8 Å². The lowest BCUT2D eigenvalue weighted by atomic mass is 9.95. The van der Waals surface area contributed by atoms with Crippen molar-refractivity contribution in [3.05, 3.63) is 108 Å². The van der Waals surface area contributed by atoms with Gasteiger partial charge in [-0.1, -0.05) is 91.0 Å². The van der Waals surface area contributed by atoms with Gasteiger partial charge in [0.15, 0.2) is 18.9 Å². The van der Waals surface area contributed by atoms with E-state index in [4.69, 9.17) is 37.9 Å². The average molecular weight is 759 g/mol. The van der Waals surface area contributed by atoms with Gasteiger partial charge >= 0.3 is 0 Å². The summed E-state index contributed by atoms with van der Waals surface area (Å²) in [7, 11) is 0. The molecule has 0 amide bonds. The molecule has 0 aromatic heterocycles. The van der Waals surface area contributed by atoms with E-state index in [1.807, 2.05) is 91.0 Å². The van der Waals surface area contributed by atoms with Crippen molar-refractivity contribution in [2.75, 3.05) is 13.2 Å². The van der Waals surface area contributed by atoms with Gasteiger partial charge in [0.25, 0.3) is 0 Å². The molecule has 3 aliphatic heterocycles. The molecule has 3 heterocycles. The van der Waals surface area contributed by atoms with Gasteiger partial charge in [0.05, 0.1) is 39.1 Å². The molecule has 296 valence electrons. The van der Waals surface area contributed by atoms with Gasteiger partial charge < -0.3 is 73.6 Å². The highest BCUT2D eigenvalue weighted by molar-refractivity contribution is 5.16. The lowest BCUT2D eigenvalue weighted by Crippen LogP contribution is -2.67. The molecule has 15 unspecified atom stereocenters. The van der Waals surface area contributed by atoms with Crippen molar-refractivity contribution < 1.29 is 73.6 Å². The van der Waals surface area contributed by atoms with Crippen LogP contribution in [0.3, 0.4) is 0 Å². The molecule has 15 heteroatoms. The van der Waals surface area contributed by atoms with E-state index in [0.717, 1.165) is 16.7 Å². The zero-order chi connectivity index (χ0) is 38.2. The Morgan fingerprint density at radius 1 is 0.463 bits per heavy atom. The molecule has 0 aliphatic carbocycles. The van der Waals surface area contributed by atoms with E-state index >= 15 is 0 Å². The molecule has 3 aromatic rings. The third kappa shape index (κ3) is 9.70. The normalized spacial score (nSPS) is 37.2. The fraction of sp³-hybridized carbons (Fsp3) is 0.538. The van der Waals surface area contributed by atoms with E-state index in [9.17, 15) is 35.7 Å². The Morgan fingerprint density at radius 2 is 0.944 bits per heavy atom. The topological polar surface area (TPSA) is 215 Å². The van der Waals surface area contributed by atoms with Crippen molar-refractivity contribution in [2.24, 2.45) is 0 Å². The smallest absolute Gasteiger partial charge is 0.187 e. The van der Waals surface area contributed by atoms with Crippen LogP contribution >= 0.6 is 0 Å². The van der Waals surface area contributed by atoms with Crippen molar-refractivity contribution in [3.8, 4) is 0 Å². The molecule has 0 spiro atoms. The molecule has 3 saturated heterocycles. The summed E-state index contributed by atoms with van der Waals surface area (Å²) in [6.45, 7) is 0.839. The van der Waals surface area contributed by atoms with Crippen molar-refractivity contribution in [3.63, 3.8) is 0 Å². The Kier molecular flexibility index (Phi) is 14.5. The van der Waals surface area contributed by atoms with Gasteiger partial charge in [-0.15, -0.1) is 0 Å². The molecule has 54 heavy (non-hydrogen) atoms. The maximum atomic E-state index is 11.3. The van der Waals surface area contributed by atoms with Crippen LogP contribution in [0.15, 0.2) is 91.0 Å². The van der Waals surface area contributed by atoms with E-state index < -0.39 is 105 Å². The maximum absolute atomic E-state index is 11.3. The molecule has 6 rings (SSSR count). The first kappa shape index (κ1) is 40.7. The van der Waals surface area contributed by atoms with Crippen molar-refractivity contribution in [2.45, 2.75) is 119 Å². The van der Waals surface area contributed by atoms with Gasteiger partial charge in [-0.2, -0.15) is 0 Å². The standard InChI is InChI=1S/C39H50O15/c1-22-32(47-19-23-11-5-2-6-12-23)35(48-20-24-13-7-3-8-14-24)36(49-21-25-15-9-4-10-16-25)39(50-22)54-34-31(45)37(46)51-27(18-41)33(34)53-38-30(44)29(43)28(42)26(17-40)52-38/h2-16,22,26-46H,17-21H2,1H3. The molecule has 7 N–H and O–H groups in total. The summed E-state index contributed by atoms with van der Waals surface area (Å²) in [6, 6.07) is 28.6. The number of aliphatic hydroxyl groups is 7. The summed E-state index contributed by atoms with van der Waals surface area (Å²) in [6.07, 6.45) is -20.8. The van der Waals surface area contributed by atoms with E-state index in [1.54, 1.807) is 6.92 Å². The predicted octanol–water partition coefficient (Wildman–Crippen LogP) is 0.128. The summed E-state index contributed by atoms with van der Waals surface area (Å²) in [5, 5.41) is 73.6. The lowest BCUT2D eigenvalue weighted by molar-refractivity contribution is -0.387. The quantitative estimate of drug-likeness (QED) is 0.110. The molecule has 3 fully saturated rings. The van der Waals surface area contributed by atoms with Crippen molar-refractivity contribution in [1.29, 1.82) is 0 Å². The van der Waals surface area contributed by atoms with Crippen LogP contribution in [0.5, 0.6) is 0 Å². The van der Waals surface area contributed by atoms with E-state index in [0.29, 0.717) is 0 Å². The van der Waals surface area contributed by atoms with E-state index in [2.05, 4.69) is 0 Å². The predicted molar refractivity (Wildman–Crippen MR) is 187 cm³/mol. The SMILES string of the molecule is CC1OC(OC2C(O)C(O)OC(CO)C2OC2OC(CO)C(O)C(O)C2O)C(OCc2ccccc2)C(OCc2ccccc2)C1OCc1ccccc1. The highest BCUT2D eigenvalue weighted by Gasteiger charge is 2.54. The first-order chi connectivity index (χ1) is 26.2. The maximum Gasteiger partial charge on any atom is 0.187 e. The summed E-state index contributed by atoms with van der Waals surface area (Å²) < 4.78 is 49.6. The minimum atomic E-state index is -1.85. The number of rotatable bonds is 15. The lowest BCUT2D eigenvalue weighted by Gasteiger charge is -2.49. The highest BCUT2D eigenvalue weighted by atomic mass is 16.8. The largest absolute Gasteiger partial charge is 0.394 e. The van der Waals surface area contributed by atoms with Crippen LogP contribution in [0.25, 0.3) is 0 Å². The van der Waals surface area contributed by atoms with Crippen LogP contribution in [0.2, 0.25) is 0 Å². The molecule has 0 bridgehead atoms. The third-order valence-electron chi connectivity index (χ3n) is 9.83. The molecule has 0 saturated carbocycles. The molecular weight excluding hydrogens is 708 g/mol. The fourth-order valence-corrected chi connectivity index (χ4v) is 6.84. The Morgan fingerprint density at radius 3 is 1.46 bits per heavy atom. The second-order valence-electron chi connectivity index (χ2n) is 13.6. The van der Waals surface area contributed by atoms with Crippen LogP contribution in [0, 0.1) is 0 Å². The Labute approximate surface area is 313 Å². The number of hydrogen-bond donors (Lipinski definition) is 7. The monoisotopic (exact) mass is 758 g/mol. The summed E-state index contributed by atoms with van der Waals surface area (Å²) in [5.74, 6) is 0. The van der Waals surface area contributed by atoms with Gasteiger partial charge in [-0.25, -0.2) is 0 Å². The highest BCUT2D eigenvalue weighted by Crippen LogP contribution is 2.36. The van der Waals surface area contributed by atoms with Crippen LogP contribution in [-0.4, -0.2) is 141 Å². The van der Waals surface area contributed by atoms with Crippen LogP contribution in [0.4, 0.5) is 0 Å². The van der Waals surface area contributed by atoms with Gasteiger partial charge in [0.2, 0.25) is 0 Å². The second-order valence-corrected chi connectivity index (χ2v) is 13.6. The van der Waals surface area contributed by atoms with Crippen LogP contribution in [0.1, 0.15) is 23.6 Å². The van der Waals surface area contributed by atoms with Gasteiger partial charge in [-0.3, -0.25) is 0 Å². The van der Waals surface area contributed by atoms with Crippen LogP contribution < -0.4 is 0 Å². The molecule has 15 atom stereocenters. The van der Waals surface area contributed by atoms with E-state index in [1.165, 1.54) is 0 Å². The Bertz CT molecular complexity index is 1520. The molecular formula is C39H50O15. The first-order valence-corrected chi connectivity index (χ1v) is 18.0. The molecule has 15 nitrogen and oxygen atoms in total. The number of ether oxygens (including phenoxy) is 8. The fourth-order valence-electron chi connectivity index (χ4n) is 6.84. The minimum Gasteiger partial charge on any atom is -0.394 e. The Hall–Kier alpha value is -2.94.